The number of hydrogen-bond donors (Lipinski definition) is 1. The molecule has 1 aliphatic heterocycles. The van der Waals surface area contributed by atoms with Gasteiger partial charge in [0.15, 0.2) is 5.54 Å². The summed E-state index contributed by atoms with van der Waals surface area (Å²) in [6.45, 7) is 3.59. The minimum absolute atomic E-state index is 0.0461. The molecule has 8 heteroatoms. The molecule has 6 nitrogen and oxygen atoms in total. The van der Waals surface area contributed by atoms with Crippen LogP contribution in [-0.2, 0) is 23.3 Å². The van der Waals surface area contributed by atoms with Crippen molar-refractivity contribution < 1.29 is 14.0 Å². The summed E-state index contributed by atoms with van der Waals surface area (Å²) in [6, 6.07) is 7.88. The smallest absolute Gasteiger partial charge is 0.336 e. The molecule has 0 radical (unpaired) electrons. The van der Waals surface area contributed by atoms with Crippen LogP contribution in [-0.4, -0.2) is 16.8 Å². The first-order valence-corrected chi connectivity index (χ1v) is 10.0. The molecule has 1 fully saturated rings. The number of imide groups is 1. The molecule has 0 aliphatic carbocycles. The van der Waals surface area contributed by atoms with E-state index in [-0.39, 0.29) is 12.5 Å². The van der Waals surface area contributed by atoms with Crippen LogP contribution in [0.1, 0.15) is 29.9 Å². The van der Waals surface area contributed by atoms with Crippen LogP contribution in [0.3, 0.4) is 0 Å². The van der Waals surface area contributed by atoms with Crippen molar-refractivity contribution in [1.29, 1.82) is 0 Å². The quantitative estimate of drug-likeness (QED) is 0.514. The van der Waals surface area contributed by atoms with E-state index in [9.17, 15) is 14.4 Å². The van der Waals surface area contributed by atoms with E-state index in [2.05, 4.69) is 5.32 Å². The normalized spacial score (nSPS) is 19.5. The van der Waals surface area contributed by atoms with Crippen LogP contribution in [0.25, 0.3) is 11.0 Å². The Morgan fingerprint density at radius 2 is 2.00 bits per heavy atom. The van der Waals surface area contributed by atoms with Gasteiger partial charge in [-0.3, -0.25) is 9.69 Å². The van der Waals surface area contributed by atoms with Crippen LogP contribution in [0.4, 0.5) is 4.79 Å². The van der Waals surface area contributed by atoms with E-state index < -0.39 is 17.2 Å². The average Bonchev–Trinajstić information content (AvgIpc) is 3.26. The van der Waals surface area contributed by atoms with Crippen molar-refractivity contribution in [3.05, 3.63) is 67.2 Å². The Morgan fingerprint density at radius 3 is 2.68 bits per heavy atom. The second-order valence-corrected chi connectivity index (χ2v) is 8.16. The van der Waals surface area contributed by atoms with Gasteiger partial charge >= 0.3 is 11.7 Å². The van der Waals surface area contributed by atoms with Crippen LogP contribution in [0.2, 0.25) is 5.02 Å². The van der Waals surface area contributed by atoms with Crippen molar-refractivity contribution in [2.45, 2.75) is 32.4 Å². The molecule has 1 aromatic carbocycles. The van der Waals surface area contributed by atoms with Gasteiger partial charge in [0.1, 0.15) is 5.58 Å². The number of nitrogens with one attached hydrogen (secondary N) is 1. The van der Waals surface area contributed by atoms with E-state index in [1.807, 2.05) is 24.4 Å². The Kier molecular flexibility index (Phi) is 4.51. The number of nitrogens with zero attached hydrogens (tertiary/aromatic N) is 1. The molecule has 1 saturated heterocycles. The molecule has 0 spiro atoms. The molecule has 1 aliphatic rings. The second kappa shape index (κ2) is 6.76. The van der Waals surface area contributed by atoms with Gasteiger partial charge in [-0.1, -0.05) is 24.6 Å². The van der Waals surface area contributed by atoms with Crippen molar-refractivity contribution >= 4 is 45.8 Å². The number of benzene rings is 1. The Morgan fingerprint density at radius 1 is 1.21 bits per heavy atom. The summed E-state index contributed by atoms with van der Waals surface area (Å²) < 4.78 is 5.30. The molecule has 144 valence electrons. The molecule has 3 aromatic rings. The molecule has 1 atom stereocenters. The number of halogens is 1. The van der Waals surface area contributed by atoms with Gasteiger partial charge < -0.3 is 9.73 Å². The number of thiophene rings is 1. The maximum atomic E-state index is 13.1. The summed E-state index contributed by atoms with van der Waals surface area (Å²) in [6.07, 6.45) is 0.689. The topological polar surface area (TPSA) is 79.6 Å². The summed E-state index contributed by atoms with van der Waals surface area (Å²) in [4.78, 5) is 39.5. The van der Waals surface area contributed by atoms with Gasteiger partial charge in [-0.25, -0.2) is 9.59 Å². The van der Waals surface area contributed by atoms with E-state index in [1.165, 1.54) is 17.4 Å². The maximum absolute atomic E-state index is 13.1. The zero-order chi connectivity index (χ0) is 20.1. The lowest BCUT2D eigenvalue weighted by atomic mass is 10.00. The molecule has 0 bridgehead atoms. The molecule has 4 rings (SSSR count). The number of hydrogen-bond acceptors (Lipinski definition) is 5. The minimum Gasteiger partial charge on any atom is -0.423 e. The monoisotopic (exact) mass is 416 g/mol. The molecule has 3 heterocycles. The van der Waals surface area contributed by atoms with Gasteiger partial charge in [-0.05, 0) is 48.1 Å². The molecule has 1 unspecified atom stereocenters. The number of rotatable bonds is 4. The molecule has 0 saturated carbocycles. The van der Waals surface area contributed by atoms with E-state index in [0.717, 1.165) is 15.3 Å². The van der Waals surface area contributed by atoms with E-state index in [0.29, 0.717) is 28.0 Å². The third-order valence-corrected chi connectivity index (χ3v) is 6.44. The van der Waals surface area contributed by atoms with Crippen molar-refractivity contribution in [1.82, 2.24) is 10.2 Å². The fourth-order valence-corrected chi connectivity index (χ4v) is 4.56. The SMILES string of the molecule is CCc1cc2oc(=O)cc(CN3C(=O)NC(C)(c4cccs4)C3=O)c2cc1Cl. The third-order valence-electron chi connectivity index (χ3n) is 5.00. The second-order valence-electron chi connectivity index (χ2n) is 6.81. The highest BCUT2D eigenvalue weighted by atomic mass is 35.5. The van der Waals surface area contributed by atoms with Crippen LogP contribution >= 0.6 is 22.9 Å². The highest BCUT2D eigenvalue weighted by Gasteiger charge is 2.49. The van der Waals surface area contributed by atoms with Gasteiger partial charge in [0, 0.05) is 21.4 Å². The standard InChI is InChI=1S/C20H17ClN2O4S/c1-3-11-7-15-13(9-14(11)21)12(8-17(24)27-15)10-23-18(25)20(2,22-19(23)26)16-5-4-6-28-16/h4-9H,3,10H2,1-2H3,(H,22,26). The van der Waals surface area contributed by atoms with Crippen LogP contribution in [0.5, 0.6) is 0 Å². The minimum atomic E-state index is -1.12. The average molecular weight is 417 g/mol. The number of urea groups is 1. The molecular weight excluding hydrogens is 400 g/mol. The summed E-state index contributed by atoms with van der Waals surface area (Å²) >= 11 is 7.72. The highest BCUT2D eigenvalue weighted by Crippen LogP contribution is 2.33. The highest BCUT2D eigenvalue weighted by molar-refractivity contribution is 7.10. The first-order chi connectivity index (χ1) is 13.3. The Bertz CT molecular complexity index is 1150. The molecular formula is C20H17ClN2O4S. The maximum Gasteiger partial charge on any atom is 0.336 e. The molecule has 3 amide bonds. The van der Waals surface area contributed by atoms with Crippen molar-refractivity contribution in [3.63, 3.8) is 0 Å². The predicted octanol–water partition coefficient (Wildman–Crippen LogP) is 4.04. The molecule has 1 N–H and O–H groups in total. The fourth-order valence-electron chi connectivity index (χ4n) is 3.43. The number of fused-ring (bicyclic) bond motifs is 1. The zero-order valence-corrected chi connectivity index (χ0v) is 16.8. The Hall–Kier alpha value is -2.64. The van der Waals surface area contributed by atoms with Crippen LogP contribution in [0.15, 0.2) is 44.9 Å². The van der Waals surface area contributed by atoms with Crippen molar-refractivity contribution in [2.24, 2.45) is 0 Å². The van der Waals surface area contributed by atoms with E-state index in [1.54, 1.807) is 19.1 Å². The van der Waals surface area contributed by atoms with Gasteiger partial charge in [-0.2, -0.15) is 0 Å². The molecule has 2 aromatic heterocycles. The Labute approximate surface area is 169 Å². The summed E-state index contributed by atoms with van der Waals surface area (Å²) in [5.74, 6) is -0.363. The van der Waals surface area contributed by atoms with Gasteiger partial charge in [0.05, 0.1) is 6.54 Å². The van der Waals surface area contributed by atoms with Crippen LogP contribution < -0.4 is 10.9 Å². The van der Waals surface area contributed by atoms with Gasteiger partial charge in [0.25, 0.3) is 5.91 Å². The largest absolute Gasteiger partial charge is 0.423 e. The van der Waals surface area contributed by atoms with Gasteiger partial charge in [0.2, 0.25) is 0 Å². The third kappa shape index (κ3) is 2.91. The summed E-state index contributed by atoms with van der Waals surface area (Å²) in [5.41, 5.74) is 0.0919. The fraction of sp³-hybridized carbons (Fsp3) is 0.250. The lowest BCUT2D eigenvalue weighted by molar-refractivity contribution is -0.131. The lowest BCUT2D eigenvalue weighted by Crippen LogP contribution is -2.40. The molecule has 28 heavy (non-hydrogen) atoms. The van der Waals surface area contributed by atoms with Crippen LogP contribution in [0, 0.1) is 0 Å². The van der Waals surface area contributed by atoms with Gasteiger partial charge in [-0.15, -0.1) is 11.3 Å². The predicted molar refractivity (Wildman–Crippen MR) is 108 cm³/mol. The lowest BCUT2D eigenvalue weighted by Gasteiger charge is -2.20. The van der Waals surface area contributed by atoms with Crippen molar-refractivity contribution in [2.75, 3.05) is 0 Å². The number of carbonyl (C=O) groups is 2. The van der Waals surface area contributed by atoms with E-state index in [4.69, 9.17) is 16.0 Å². The number of aryl methyl sites for hydroxylation is 1. The first-order valence-electron chi connectivity index (χ1n) is 8.76. The van der Waals surface area contributed by atoms with E-state index >= 15 is 0 Å². The Balaban J connectivity index is 1.76. The number of carbonyl (C=O) groups excluding carboxylic acids is 2. The first kappa shape index (κ1) is 18.7. The summed E-state index contributed by atoms with van der Waals surface area (Å²) in [5, 5.41) is 5.77. The van der Waals surface area contributed by atoms with Crippen molar-refractivity contribution in [3.8, 4) is 0 Å². The summed E-state index contributed by atoms with van der Waals surface area (Å²) in [7, 11) is 0. The zero-order valence-electron chi connectivity index (χ0n) is 15.2. The number of amides is 3.